The number of nitrogens with one attached hydrogen (secondary N) is 1. The molecule has 0 spiro atoms. The van der Waals surface area contributed by atoms with E-state index in [0.29, 0.717) is 6.04 Å². The lowest BCUT2D eigenvalue weighted by Gasteiger charge is -2.19. The van der Waals surface area contributed by atoms with Crippen molar-refractivity contribution in [1.82, 2.24) is 5.32 Å². The van der Waals surface area contributed by atoms with Gasteiger partial charge in [0.15, 0.2) is 0 Å². The lowest BCUT2D eigenvalue weighted by atomic mass is 10.00. The summed E-state index contributed by atoms with van der Waals surface area (Å²) < 4.78 is 0. The zero-order valence-corrected chi connectivity index (χ0v) is 12.3. The molecule has 0 aliphatic carbocycles. The molecule has 0 radical (unpaired) electrons. The Bertz CT molecular complexity index is 373. The topological polar surface area (TPSA) is 12.0 Å². The van der Waals surface area contributed by atoms with Crippen molar-refractivity contribution >= 4 is 11.6 Å². The van der Waals surface area contributed by atoms with Gasteiger partial charge in [-0.25, -0.2) is 0 Å². The monoisotopic (exact) mass is 265 g/mol. The van der Waals surface area contributed by atoms with Crippen molar-refractivity contribution in [2.45, 2.75) is 45.6 Å². The standard InChI is InChI=1S/C16H24ClN/c1-4-10-18-16(9-8-13(2)3)12-14-6-5-7-15(17)11-14/h5-7,11,16,18H,2,4,8-10,12H2,1,3H3. The second kappa shape index (κ2) is 8.34. The van der Waals surface area contributed by atoms with Gasteiger partial charge in [-0.1, -0.05) is 36.2 Å². The Morgan fingerprint density at radius 2 is 2.22 bits per heavy atom. The van der Waals surface area contributed by atoms with Crippen molar-refractivity contribution in [1.29, 1.82) is 0 Å². The van der Waals surface area contributed by atoms with E-state index < -0.39 is 0 Å². The SMILES string of the molecule is C=C(C)CCC(Cc1cccc(Cl)c1)NCCC. The molecular weight excluding hydrogens is 242 g/mol. The summed E-state index contributed by atoms with van der Waals surface area (Å²) in [6.07, 6.45) is 4.43. The number of halogens is 1. The summed E-state index contributed by atoms with van der Waals surface area (Å²) in [6.45, 7) is 9.34. The normalized spacial score (nSPS) is 12.4. The Labute approximate surface area is 116 Å². The molecule has 0 fully saturated rings. The van der Waals surface area contributed by atoms with Crippen molar-refractivity contribution in [3.8, 4) is 0 Å². The number of rotatable bonds is 8. The van der Waals surface area contributed by atoms with Gasteiger partial charge in [0.2, 0.25) is 0 Å². The Morgan fingerprint density at radius 1 is 1.44 bits per heavy atom. The van der Waals surface area contributed by atoms with Gasteiger partial charge in [-0.3, -0.25) is 0 Å². The minimum absolute atomic E-state index is 0.514. The molecule has 1 aromatic carbocycles. The average molecular weight is 266 g/mol. The molecule has 0 saturated heterocycles. The van der Waals surface area contributed by atoms with Crippen LogP contribution in [0, 0.1) is 0 Å². The molecule has 0 aliphatic rings. The van der Waals surface area contributed by atoms with E-state index in [2.05, 4.69) is 37.9 Å². The summed E-state index contributed by atoms with van der Waals surface area (Å²) in [5, 5.41) is 4.43. The predicted octanol–water partition coefficient (Wildman–Crippen LogP) is 4.61. The first kappa shape index (κ1) is 15.3. The second-order valence-electron chi connectivity index (χ2n) is 4.98. The highest BCUT2D eigenvalue weighted by Crippen LogP contribution is 2.15. The van der Waals surface area contributed by atoms with Crippen molar-refractivity contribution < 1.29 is 0 Å². The zero-order valence-electron chi connectivity index (χ0n) is 11.5. The molecule has 1 nitrogen and oxygen atoms in total. The Kier molecular flexibility index (Phi) is 7.07. The van der Waals surface area contributed by atoms with Crippen LogP contribution in [-0.2, 0) is 6.42 Å². The van der Waals surface area contributed by atoms with Gasteiger partial charge in [0, 0.05) is 11.1 Å². The van der Waals surface area contributed by atoms with Crippen LogP contribution in [0.3, 0.4) is 0 Å². The third-order valence-electron chi connectivity index (χ3n) is 2.97. The van der Waals surface area contributed by atoms with Gasteiger partial charge in [0.05, 0.1) is 0 Å². The van der Waals surface area contributed by atoms with Crippen LogP contribution in [0.25, 0.3) is 0 Å². The van der Waals surface area contributed by atoms with E-state index >= 15 is 0 Å². The van der Waals surface area contributed by atoms with Gasteiger partial charge < -0.3 is 5.32 Å². The van der Waals surface area contributed by atoms with Crippen LogP contribution in [0.4, 0.5) is 0 Å². The molecule has 2 heteroatoms. The zero-order chi connectivity index (χ0) is 13.4. The molecule has 0 amide bonds. The molecule has 1 atom stereocenters. The fourth-order valence-corrected chi connectivity index (χ4v) is 2.21. The first-order chi connectivity index (χ1) is 8.61. The highest BCUT2D eigenvalue weighted by molar-refractivity contribution is 6.30. The molecule has 1 rings (SSSR count). The van der Waals surface area contributed by atoms with Crippen LogP contribution < -0.4 is 5.32 Å². The molecule has 0 aromatic heterocycles. The predicted molar refractivity (Wildman–Crippen MR) is 81.3 cm³/mol. The third kappa shape index (κ3) is 6.23. The van der Waals surface area contributed by atoms with Crippen molar-refractivity contribution in [2.75, 3.05) is 6.54 Å². The lowest BCUT2D eigenvalue weighted by Crippen LogP contribution is -2.31. The van der Waals surface area contributed by atoms with Crippen LogP contribution in [0.1, 0.15) is 38.7 Å². The second-order valence-corrected chi connectivity index (χ2v) is 5.42. The molecule has 0 saturated carbocycles. The van der Waals surface area contributed by atoms with E-state index in [1.54, 1.807) is 0 Å². The lowest BCUT2D eigenvalue weighted by molar-refractivity contribution is 0.477. The van der Waals surface area contributed by atoms with Gasteiger partial charge in [-0.15, -0.1) is 6.58 Å². The van der Waals surface area contributed by atoms with Gasteiger partial charge in [-0.05, 0) is 56.8 Å². The summed E-state index contributed by atoms with van der Waals surface area (Å²) >= 11 is 6.03. The molecule has 0 heterocycles. The van der Waals surface area contributed by atoms with E-state index in [1.807, 2.05) is 12.1 Å². The Morgan fingerprint density at radius 3 is 2.83 bits per heavy atom. The summed E-state index contributed by atoms with van der Waals surface area (Å²) in [7, 11) is 0. The van der Waals surface area contributed by atoms with Gasteiger partial charge >= 0.3 is 0 Å². The van der Waals surface area contributed by atoms with Gasteiger partial charge in [0.1, 0.15) is 0 Å². The minimum atomic E-state index is 0.514. The highest BCUT2D eigenvalue weighted by Gasteiger charge is 2.09. The molecule has 1 N–H and O–H groups in total. The number of hydrogen-bond acceptors (Lipinski definition) is 1. The van der Waals surface area contributed by atoms with Crippen LogP contribution in [-0.4, -0.2) is 12.6 Å². The van der Waals surface area contributed by atoms with E-state index in [0.717, 1.165) is 30.8 Å². The largest absolute Gasteiger partial charge is 0.314 e. The first-order valence-corrected chi connectivity index (χ1v) is 7.11. The minimum Gasteiger partial charge on any atom is -0.314 e. The summed E-state index contributed by atoms with van der Waals surface area (Å²) in [6, 6.07) is 8.66. The van der Waals surface area contributed by atoms with Gasteiger partial charge in [-0.2, -0.15) is 0 Å². The van der Waals surface area contributed by atoms with Crippen LogP contribution in [0.5, 0.6) is 0 Å². The van der Waals surface area contributed by atoms with Crippen LogP contribution in [0.15, 0.2) is 36.4 Å². The van der Waals surface area contributed by atoms with E-state index in [4.69, 9.17) is 11.6 Å². The van der Waals surface area contributed by atoms with E-state index in [-0.39, 0.29) is 0 Å². The molecule has 0 bridgehead atoms. The smallest absolute Gasteiger partial charge is 0.0408 e. The molecule has 100 valence electrons. The fourth-order valence-electron chi connectivity index (χ4n) is 1.99. The molecule has 18 heavy (non-hydrogen) atoms. The molecule has 0 aliphatic heterocycles. The number of hydrogen-bond donors (Lipinski definition) is 1. The van der Waals surface area contributed by atoms with Crippen molar-refractivity contribution in [3.05, 3.63) is 47.0 Å². The summed E-state index contributed by atoms with van der Waals surface area (Å²) in [5.74, 6) is 0. The van der Waals surface area contributed by atoms with E-state index in [1.165, 1.54) is 17.6 Å². The maximum Gasteiger partial charge on any atom is 0.0408 e. The average Bonchev–Trinajstić information content (AvgIpc) is 2.32. The first-order valence-electron chi connectivity index (χ1n) is 6.74. The molecule has 1 aromatic rings. The van der Waals surface area contributed by atoms with Crippen molar-refractivity contribution in [3.63, 3.8) is 0 Å². The van der Waals surface area contributed by atoms with Crippen molar-refractivity contribution in [2.24, 2.45) is 0 Å². The molecule has 1 unspecified atom stereocenters. The van der Waals surface area contributed by atoms with Crippen LogP contribution >= 0.6 is 11.6 Å². The number of allylic oxidation sites excluding steroid dienone is 1. The Balaban J connectivity index is 2.56. The summed E-state index contributed by atoms with van der Waals surface area (Å²) in [4.78, 5) is 0. The summed E-state index contributed by atoms with van der Waals surface area (Å²) in [5.41, 5.74) is 2.56. The number of benzene rings is 1. The fraction of sp³-hybridized carbons (Fsp3) is 0.500. The van der Waals surface area contributed by atoms with E-state index in [9.17, 15) is 0 Å². The molecular formula is C16H24ClN. The van der Waals surface area contributed by atoms with Crippen LogP contribution in [0.2, 0.25) is 5.02 Å². The maximum absolute atomic E-state index is 6.03. The Hall–Kier alpha value is -0.790. The highest BCUT2D eigenvalue weighted by atomic mass is 35.5. The third-order valence-corrected chi connectivity index (χ3v) is 3.21. The maximum atomic E-state index is 6.03. The quantitative estimate of drug-likeness (QED) is 0.677. The van der Waals surface area contributed by atoms with Gasteiger partial charge in [0.25, 0.3) is 0 Å².